The van der Waals surface area contributed by atoms with Gasteiger partial charge in [-0.05, 0) is 37.0 Å². The average molecular weight is 281 g/mol. The zero-order valence-electron chi connectivity index (χ0n) is 12.6. The van der Waals surface area contributed by atoms with E-state index in [4.69, 9.17) is 5.73 Å². The third-order valence-electron chi connectivity index (χ3n) is 5.31. The molecule has 1 aliphatic carbocycles. The Labute approximate surface area is 125 Å². The first-order chi connectivity index (χ1) is 10.2. The summed E-state index contributed by atoms with van der Waals surface area (Å²) in [5.41, 5.74) is 11.9. The molecule has 1 saturated heterocycles. The van der Waals surface area contributed by atoms with E-state index < -0.39 is 0 Å². The topological polar surface area (TPSA) is 45.0 Å². The number of nitrogens with one attached hydrogen (secondary N) is 1. The summed E-state index contributed by atoms with van der Waals surface area (Å²) in [4.78, 5) is 6.08. The van der Waals surface area contributed by atoms with Gasteiger partial charge in [0.25, 0.3) is 0 Å². The van der Waals surface area contributed by atoms with Crippen LogP contribution in [0.1, 0.15) is 29.2 Å². The fourth-order valence-electron chi connectivity index (χ4n) is 4.48. The number of piperidine rings is 1. The molecular formula is C18H23N3. The van der Waals surface area contributed by atoms with Gasteiger partial charge in [0.1, 0.15) is 0 Å². The van der Waals surface area contributed by atoms with Crippen molar-refractivity contribution in [2.24, 2.45) is 5.73 Å². The molecule has 0 radical (unpaired) electrons. The summed E-state index contributed by atoms with van der Waals surface area (Å²) >= 11 is 0. The van der Waals surface area contributed by atoms with E-state index >= 15 is 0 Å². The van der Waals surface area contributed by atoms with Crippen LogP contribution in [-0.4, -0.2) is 35.1 Å². The first-order valence-electron chi connectivity index (χ1n) is 7.89. The van der Waals surface area contributed by atoms with E-state index in [9.17, 15) is 0 Å². The predicted molar refractivity (Wildman–Crippen MR) is 87.6 cm³/mol. The monoisotopic (exact) mass is 281 g/mol. The van der Waals surface area contributed by atoms with E-state index in [-0.39, 0.29) is 6.04 Å². The molecule has 1 aliphatic heterocycles. The molecule has 2 heterocycles. The maximum absolute atomic E-state index is 6.33. The van der Waals surface area contributed by atoms with Crippen molar-refractivity contribution in [1.82, 2.24) is 9.88 Å². The van der Waals surface area contributed by atoms with Gasteiger partial charge in [-0.25, -0.2) is 0 Å². The Bertz CT molecular complexity index is 700. The summed E-state index contributed by atoms with van der Waals surface area (Å²) in [5.74, 6) is 0.556. The van der Waals surface area contributed by atoms with E-state index in [2.05, 4.69) is 41.6 Å². The number of fused-ring (bicyclic) bond motifs is 2. The molecule has 2 aromatic rings. The van der Waals surface area contributed by atoms with Gasteiger partial charge < -0.3 is 10.7 Å². The van der Waals surface area contributed by atoms with Crippen molar-refractivity contribution in [3.8, 4) is 0 Å². The molecule has 4 rings (SSSR count). The molecule has 3 atom stereocenters. The lowest BCUT2D eigenvalue weighted by Gasteiger charge is -2.46. The summed E-state index contributed by atoms with van der Waals surface area (Å²) < 4.78 is 0. The molecule has 0 bridgehead atoms. The normalized spacial score (nSPS) is 28.6. The molecule has 1 unspecified atom stereocenters. The van der Waals surface area contributed by atoms with Crippen LogP contribution in [0.25, 0.3) is 10.9 Å². The molecule has 1 aromatic heterocycles. The highest BCUT2D eigenvalue weighted by molar-refractivity contribution is 5.89. The summed E-state index contributed by atoms with van der Waals surface area (Å²) in [7, 11) is 0. The van der Waals surface area contributed by atoms with Crippen molar-refractivity contribution in [2.75, 3.05) is 13.1 Å². The van der Waals surface area contributed by atoms with E-state index in [1.807, 2.05) is 6.08 Å². The van der Waals surface area contributed by atoms with Crippen molar-refractivity contribution < 1.29 is 0 Å². The van der Waals surface area contributed by atoms with Gasteiger partial charge in [-0.15, -0.1) is 6.58 Å². The Hall–Kier alpha value is -1.58. The summed E-state index contributed by atoms with van der Waals surface area (Å²) in [6.45, 7) is 8.04. The first-order valence-corrected chi connectivity index (χ1v) is 7.89. The Morgan fingerprint density at radius 1 is 1.48 bits per heavy atom. The Morgan fingerprint density at radius 2 is 2.33 bits per heavy atom. The summed E-state index contributed by atoms with van der Waals surface area (Å²) in [5, 5.41) is 1.46. The fourth-order valence-corrected chi connectivity index (χ4v) is 4.48. The van der Waals surface area contributed by atoms with Gasteiger partial charge in [0.05, 0.1) is 0 Å². The third-order valence-corrected chi connectivity index (χ3v) is 5.31. The molecule has 0 saturated carbocycles. The second-order valence-electron chi connectivity index (χ2n) is 6.61. The maximum atomic E-state index is 6.33. The lowest BCUT2D eigenvalue weighted by Crippen LogP contribution is -2.54. The van der Waals surface area contributed by atoms with Crippen LogP contribution < -0.4 is 5.73 Å². The predicted octanol–water partition coefficient (Wildman–Crippen LogP) is 2.70. The number of H-pyrrole nitrogens is 1. The maximum Gasteiger partial charge on any atom is 0.0461 e. The van der Waals surface area contributed by atoms with E-state index in [0.717, 1.165) is 25.9 Å². The average Bonchev–Trinajstić information content (AvgIpc) is 2.78. The highest BCUT2D eigenvalue weighted by Gasteiger charge is 2.39. The number of nitrogens with zero attached hydrogens (tertiary/aromatic N) is 1. The second kappa shape index (κ2) is 4.72. The minimum atomic E-state index is 0.267. The Morgan fingerprint density at radius 3 is 3.14 bits per heavy atom. The van der Waals surface area contributed by atoms with Crippen molar-refractivity contribution in [3.63, 3.8) is 0 Å². The molecule has 0 spiro atoms. The molecule has 3 heteroatoms. The van der Waals surface area contributed by atoms with Gasteiger partial charge in [0.15, 0.2) is 0 Å². The number of hydrogen-bond acceptors (Lipinski definition) is 2. The van der Waals surface area contributed by atoms with Crippen LogP contribution >= 0.6 is 0 Å². The van der Waals surface area contributed by atoms with Crippen LogP contribution in [0.5, 0.6) is 0 Å². The second-order valence-corrected chi connectivity index (χ2v) is 6.61. The zero-order valence-corrected chi connectivity index (χ0v) is 12.6. The lowest BCUT2D eigenvalue weighted by molar-refractivity contribution is 0.124. The van der Waals surface area contributed by atoms with Crippen LogP contribution in [0.4, 0.5) is 0 Å². The van der Waals surface area contributed by atoms with Crippen LogP contribution in [0, 0.1) is 6.92 Å². The standard InChI is InChI=1S/C18H23N3/c1-3-7-21-10-12(19)8-15-13-5-4-6-16-18(13)14(9-17(15)21)11(2)20-16/h3-6,12,15,17,20H,1,7-10,19H2,2H3/t12-,15?,17+/m0/s1. The van der Waals surface area contributed by atoms with Crippen molar-refractivity contribution >= 4 is 10.9 Å². The molecule has 1 aromatic carbocycles. The quantitative estimate of drug-likeness (QED) is 0.831. The van der Waals surface area contributed by atoms with Gasteiger partial charge in [-0.2, -0.15) is 0 Å². The van der Waals surface area contributed by atoms with E-state index in [0.29, 0.717) is 12.0 Å². The van der Waals surface area contributed by atoms with Crippen LogP contribution in [0.15, 0.2) is 30.9 Å². The summed E-state index contributed by atoms with van der Waals surface area (Å²) in [6.07, 6.45) is 4.24. The Balaban J connectivity index is 1.87. The van der Waals surface area contributed by atoms with E-state index in [1.165, 1.54) is 27.7 Å². The van der Waals surface area contributed by atoms with Crippen LogP contribution in [0.2, 0.25) is 0 Å². The minimum Gasteiger partial charge on any atom is -0.358 e. The zero-order chi connectivity index (χ0) is 14.6. The number of likely N-dealkylation sites (tertiary alicyclic amines) is 1. The highest BCUT2D eigenvalue weighted by atomic mass is 15.2. The third kappa shape index (κ3) is 1.88. The van der Waals surface area contributed by atoms with Gasteiger partial charge in [0.2, 0.25) is 0 Å². The molecule has 21 heavy (non-hydrogen) atoms. The number of nitrogens with two attached hydrogens (primary N) is 1. The number of benzene rings is 1. The van der Waals surface area contributed by atoms with Gasteiger partial charge in [-0.1, -0.05) is 18.2 Å². The SMILES string of the molecule is C=CCN1C[C@@H](N)CC2c3cccc4[nH]c(C)c(c34)C[C@H]21. The highest BCUT2D eigenvalue weighted by Crippen LogP contribution is 2.44. The van der Waals surface area contributed by atoms with Crippen LogP contribution in [0.3, 0.4) is 0 Å². The molecule has 2 aliphatic rings. The molecule has 110 valence electrons. The fraction of sp³-hybridized carbons (Fsp3) is 0.444. The molecule has 0 amide bonds. The van der Waals surface area contributed by atoms with Gasteiger partial charge >= 0.3 is 0 Å². The largest absolute Gasteiger partial charge is 0.358 e. The lowest BCUT2D eigenvalue weighted by atomic mass is 9.73. The molecular weight excluding hydrogens is 258 g/mol. The van der Waals surface area contributed by atoms with Crippen molar-refractivity contribution in [1.29, 1.82) is 0 Å². The number of aryl methyl sites for hydroxylation is 1. The first kappa shape index (κ1) is 13.1. The molecule has 1 fully saturated rings. The van der Waals surface area contributed by atoms with Crippen molar-refractivity contribution in [3.05, 3.63) is 47.7 Å². The van der Waals surface area contributed by atoms with E-state index in [1.54, 1.807) is 0 Å². The van der Waals surface area contributed by atoms with Crippen LogP contribution in [-0.2, 0) is 6.42 Å². The number of rotatable bonds is 2. The number of aromatic amines is 1. The smallest absolute Gasteiger partial charge is 0.0461 e. The minimum absolute atomic E-state index is 0.267. The van der Waals surface area contributed by atoms with Crippen molar-refractivity contribution in [2.45, 2.75) is 37.8 Å². The van der Waals surface area contributed by atoms with Gasteiger partial charge in [-0.3, -0.25) is 4.90 Å². The molecule has 3 nitrogen and oxygen atoms in total. The van der Waals surface area contributed by atoms with Gasteiger partial charge in [0, 0.05) is 47.7 Å². The molecule has 3 N–H and O–H groups in total. The number of aromatic nitrogens is 1. The Kier molecular flexibility index (Phi) is 2.95. The summed E-state index contributed by atoms with van der Waals surface area (Å²) in [6, 6.07) is 7.51. The number of hydrogen-bond donors (Lipinski definition) is 2.